The summed E-state index contributed by atoms with van der Waals surface area (Å²) in [4.78, 5) is 8.15. The summed E-state index contributed by atoms with van der Waals surface area (Å²) >= 11 is 5.87. The Labute approximate surface area is 100 Å². The van der Waals surface area contributed by atoms with Crippen LogP contribution < -0.4 is 11.1 Å². The molecule has 90 valence electrons. The highest BCUT2D eigenvalue weighted by Gasteiger charge is 2.12. The first-order valence-electron chi connectivity index (χ1n) is 5.17. The molecule has 1 aromatic heterocycles. The molecule has 0 radical (unpaired) electrons. The second-order valence-electron chi connectivity index (χ2n) is 3.48. The number of nitrogens with two attached hydrogens (primary N) is 1. The van der Waals surface area contributed by atoms with Gasteiger partial charge in [-0.15, -0.1) is 0 Å². The average molecular weight is 245 g/mol. The second kappa shape index (κ2) is 5.86. The second-order valence-corrected chi connectivity index (χ2v) is 3.84. The summed E-state index contributed by atoms with van der Waals surface area (Å²) in [6.45, 7) is 3.84. The fourth-order valence-corrected chi connectivity index (χ4v) is 1.53. The quantitative estimate of drug-likeness (QED) is 0.614. The molecule has 1 atom stereocenters. The van der Waals surface area contributed by atoms with E-state index in [-0.39, 0.29) is 11.4 Å². The molecule has 0 spiro atoms. The molecule has 1 unspecified atom stereocenters. The molecule has 0 aliphatic rings. The van der Waals surface area contributed by atoms with Gasteiger partial charge >= 0.3 is 0 Å². The Morgan fingerprint density at radius 1 is 1.50 bits per heavy atom. The molecule has 3 N–H and O–H groups in total. The van der Waals surface area contributed by atoms with Gasteiger partial charge in [-0.3, -0.25) is 0 Å². The van der Waals surface area contributed by atoms with E-state index < -0.39 is 0 Å². The third kappa shape index (κ3) is 3.21. The van der Waals surface area contributed by atoms with Crippen LogP contribution in [0.5, 0.6) is 0 Å². The highest BCUT2D eigenvalue weighted by Crippen LogP contribution is 2.24. The molecule has 0 fully saturated rings. The minimum Gasteiger partial charge on any atom is -0.393 e. The highest BCUT2D eigenvalue weighted by atomic mass is 35.5. The Kier molecular flexibility index (Phi) is 4.76. The van der Waals surface area contributed by atoms with Crippen LogP contribution >= 0.6 is 11.6 Å². The molecule has 6 heteroatoms. The van der Waals surface area contributed by atoms with Crippen molar-refractivity contribution in [3.63, 3.8) is 0 Å². The molecule has 1 heterocycles. The lowest BCUT2D eigenvalue weighted by Crippen LogP contribution is -2.23. The van der Waals surface area contributed by atoms with E-state index in [2.05, 4.69) is 22.2 Å². The van der Waals surface area contributed by atoms with Gasteiger partial charge < -0.3 is 15.8 Å². The van der Waals surface area contributed by atoms with Gasteiger partial charge in [-0.1, -0.05) is 24.9 Å². The van der Waals surface area contributed by atoms with Gasteiger partial charge in [0.25, 0.3) is 0 Å². The first kappa shape index (κ1) is 13.0. The Morgan fingerprint density at radius 3 is 2.75 bits per heavy atom. The molecule has 0 amide bonds. The van der Waals surface area contributed by atoms with E-state index in [1.54, 1.807) is 14.0 Å². The van der Waals surface area contributed by atoms with E-state index in [1.165, 1.54) is 0 Å². The molecule has 16 heavy (non-hydrogen) atoms. The lowest BCUT2D eigenvalue weighted by Gasteiger charge is -2.18. The van der Waals surface area contributed by atoms with Gasteiger partial charge in [0, 0.05) is 7.11 Å². The maximum absolute atomic E-state index is 5.87. The van der Waals surface area contributed by atoms with Crippen molar-refractivity contribution < 1.29 is 4.74 Å². The van der Waals surface area contributed by atoms with E-state index in [0.717, 1.165) is 12.8 Å². The number of hydrogen-bond donors (Lipinski definition) is 2. The molecule has 0 saturated carbocycles. The van der Waals surface area contributed by atoms with Crippen LogP contribution in [0, 0.1) is 6.92 Å². The number of ether oxygens (including phenoxy) is 1. The summed E-state index contributed by atoms with van der Waals surface area (Å²) in [5.41, 5.74) is 6.13. The number of hydrogen-bond acceptors (Lipinski definition) is 5. The number of nitrogens with zero attached hydrogens (tertiary/aromatic N) is 2. The third-order valence-electron chi connectivity index (χ3n) is 2.14. The predicted molar refractivity (Wildman–Crippen MR) is 65.5 cm³/mol. The van der Waals surface area contributed by atoms with Crippen molar-refractivity contribution in [3.8, 4) is 0 Å². The lowest BCUT2D eigenvalue weighted by atomic mass is 10.3. The molecule has 1 aromatic rings. The van der Waals surface area contributed by atoms with Gasteiger partial charge in [0.15, 0.2) is 11.0 Å². The highest BCUT2D eigenvalue weighted by molar-refractivity contribution is 6.32. The fourth-order valence-electron chi connectivity index (χ4n) is 1.32. The molecule has 0 aromatic carbocycles. The van der Waals surface area contributed by atoms with E-state index in [0.29, 0.717) is 17.3 Å². The Bertz CT molecular complexity index is 359. The van der Waals surface area contributed by atoms with Crippen molar-refractivity contribution in [2.24, 2.45) is 0 Å². The molecule has 0 aliphatic heterocycles. The van der Waals surface area contributed by atoms with Crippen LogP contribution in [0.2, 0.25) is 5.15 Å². The van der Waals surface area contributed by atoms with Crippen LogP contribution in [0.3, 0.4) is 0 Å². The Hall–Kier alpha value is -1.07. The zero-order valence-electron chi connectivity index (χ0n) is 9.75. The van der Waals surface area contributed by atoms with E-state index >= 15 is 0 Å². The van der Waals surface area contributed by atoms with Crippen LogP contribution in [0.4, 0.5) is 11.5 Å². The number of methoxy groups -OCH3 is 1. The Balaban J connectivity index is 2.87. The number of nitrogen functional groups attached to an aromatic ring is 1. The molecule has 0 bridgehead atoms. The van der Waals surface area contributed by atoms with E-state index in [4.69, 9.17) is 22.1 Å². The van der Waals surface area contributed by atoms with Crippen LogP contribution in [-0.4, -0.2) is 23.3 Å². The number of nitrogens with one attached hydrogen (secondary N) is 1. The van der Waals surface area contributed by atoms with Crippen molar-refractivity contribution >= 4 is 23.1 Å². The SMILES string of the molecule is CCCC(Nc1nc(C)nc(Cl)c1N)OC. The summed E-state index contributed by atoms with van der Waals surface area (Å²) in [6.07, 6.45) is 1.76. The minimum atomic E-state index is -0.113. The van der Waals surface area contributed by atoms with Crippen LogP contribution in [-0.2, 0) is 4.74 Å². The molecule has 5 nitrogen and oxygen atoms in total. The zero-order valence-corrected chi connectivity index (χ0v) is 10.5. The van der Waals surface area contributed by atoms with E-state index in [1.807, 2.05) is 0 Å². The number of aryl methyl sites for hydroxylation is 1. The molecule has 0 aliphatic carbocycles. The van der Waals surface area contributed by atoms with Crippen LogP contribution in [0.1, 0.15) is 25.6 Å². The summed E-state index contributed by atoms with van der Waals surface area (Å²) in [5.74, 6) is 1.10. The van der Waals surface area contributed by atoms with Gasteiger partial charge in [0.05, 0.1) is 0 Å². The summed E-state index contributed by atoms with van der Waals surface area (Å²) in [5, 5.41) is 3.36. The average Bonchev–Trinajstić information content (AvgIpc) is 2.24. The first-order chi connectivity index (χ1) is 7.58. The summed E-state index contributed by atoms with van der Waals surface area (Å²) in [6, 6.07) is 0. The van der Waals surface area contributed by atoms with Gasteiger partial charge in [0.2, 0.25) is 0 Å². The normalized spacial score (nSPS) is 12.5. The zero-order chi connectivity index (χ0) is 12.1. The van der Waals surface area contributed by atoms with E-state index in [9.17, 15) is 0 Å². The maximum atomic E-state index is 5.87. The topological polar surface area (TPSA) is 73.1 Å². The standard InChI is InChI=1S/C10H17ClN4O/c1-4-5-7(16-3)15-10-8(12)9(11)13-6(2)14-10/h7H,4-5,12H2,1-3H3,(H,13,14,15). The number of aromatic nitrogens is 2. The van der Waals surface area contributed by atoms with Gasteiger partial charge in [0.1, 0.15) is 17.7 Å². The van der Waals surface area contributed by atoms with Crippen molar-refractivity contribution in [3.05, 3.63) is 11.0 Å². The molecular formula is C10H17ClN4O. The van der Waals surface area contributed by atoms with Crippen molar-refractivity contribution in [1.82, 2.24) is 9.97 Å². The summed E-state index contributed by atoms with van der Waals surface area (Å²) < 4.78 is 5.26. The molecule has 1 rings (SSSR count). The van der Waals surface area contributed by atoms with Gasteiger partial charge in [-0.05, 0) is 13.3 Å². The summed E-state index contributed by atoms with van der Waals surface area (Å²) in [7, 11) is 1.64. The molecular weight excluding hydrogens is 228 g/mol. The minimum absolute atomic E-state index is 0.113. The van der Waals surface area contributed by atoms with Crippen molar-refractivity contribution in [2.75, 3.05) is 18.2 Å². The van der Waals surface area contributed by atoms with Crippen molar-refractivity contribution in [1.29, 1.82) is 0 Å². The fraction of sp³-hybridized carbons (Fsp3) is 0.600. The van der Waals surface area contributed by atoms with Gasteiger partial charge in [-0.25, -0.2) is 9.97 Å². The number of rotatable bonds is 5. The van der Waals surface area contributed by atoms with Crippen LogP contribution in [0.25, 0.3) is 0 Å². The van der Waals surface area contributed by atoms with Crippen molar-refractivity contribution in [2.45, 2.75) is 32.9 Å². The first-order valence-corrected chi connectivity index (χ1v) is 5.55. The molecule has 0 saturated heterocycles. The predicted octanol–water partition coefficient (Wildman–Crippen LogP) is 2.21. The van der Waals surface area contributed by atoms with Crippen LogP contribution in [0.15, 0.2) is 0 Å². The smallest absolute Gasteiger partial charge is 0.157 e. The number of halogens is 1. The Morgan fingerprint density at radius 2 is 2.19 bits per heavy atom. The monoisotopic (exact) mass is 244 g/mol. The number of anilines is 2. The van der Waals surface area contributed by atoms with Gasteiger partial charge in [-0.2, -0.15) is 0 Å². The maximum Gasteiger partial charge on any atom is 0.157 e. The largest absolute Gasteiger partial charge is 0.393 e. The third-order valence-corrected chi connectivity index (χ3v) is 2.43. The lowest BCUT2D eigenvalue weighted by molar-refractivity contribution is 0.117.